The predicted molar refractivity (Wildman–Crippen MR) is 153 cm³/mol. The van der Waals surface area contributed by atoms with E-state index < -0.39 is 23.2 Å². The van der Waals surface area contributed by atoms with Crippen molar-refractivity contribution in [3.8, 4) is 11.1 Å². The number of halogens is 5. The van der Waals surface area contributed by atoms with Crippen LogP contribution in [0.3, 0.4) is 0 Å². The zero-order valence-electron chi connectivity index (χ0n) is 23.2. The van der Waals surface area contributed by atoms with E-state index in [4.69, 9.17) is 16.3 Å². The van der Waals surface area contributed by atoms with E-state index in [1.165, 1.54) is 43.0 Å². The Morgan fingerprint density at radius 1 is 1.15 bits per heavy atom. The van der Waals surface area contributed by atoms with Gasteiger partial charge in [0, 0.05) is 24.0 Å². The van der Waals surface area contributed by atoms with E-state index in [-0.39, 0.29) is 39.4 Å². The van der Waals surface area contributed by atoms with Crippen molar-refractivity contribution in [2.45, 2.75) is 63.4 Å². The van der Waals surface area contributed by atoms with Gasteiger partial charge in [-0.2, -0.15) is 18.3 Å². The minimum Gasteiger partial charge on any atom is -0.444 e. The highest BCUT2D eigenvalue weighted by atomic mass is 35.5. The minimum atomic E-state index is -4.71. The normalized spacial score (nSPS) is 15.2. The van der Waals surface area contributed by atoms with Crippen molar-refractivity contribution in [3.05, 3.63) is 52.4 Å². The summed E-state index contributed by atoms with van der Waals surface area (Å²) in [5, 5.41) is 6.01. The molecule has 0 radical (unpaired) electrons. The van der Waals surface area contributed by atoms with Crippen LogP contribution in [0.15, 0.2) is 35.5 Å². The summed E-state index contributed by atoms with van der Waals surface area (Å²) in [6.45, 7) is 7.68. The van der Waals surface area contributed by atoms with Gasteiger partial charge in [0.15, 0.2) is 5.82 Å². The topological polar surface area (TPSA) is 60.2 Å². The summed E-state index contributed by atoms with van der Waals surface area (Å²) in [5.41, 5.74) is -1.73. The van der Waals surface area contributed by atoms with Crippen LogP contribution in [0.1, 0.15) is 50.8 Å². The first kappa shape index (κ1) is 29.4. The second-order valence-electron chi connectivity index (χ2n) is 11.1. The third-order valence-corrected chi connectivity index (χ3v) is 8.16. The molecule has 0 aliphatic carbocycles. The number of carbonyl (C=O) groups is 1. The number of thioether (sulfide) groups is 1. The summed E-state index contributed by atoms with van der Waals surface area (Å²) in [5.74, 6) is -0.923. The van der Waals surface area contributed by atoms with E-state index in [0.717, 1.165) is 0 Å². The first-order valence-corrected chi connectivity index (χ1v) is 14.7. The molecular weight excluding hydrogens is 580 g/mol. The van der Waals surface area contributed by atoms with Gasteiger partial charge in [0.1, 0.15) is 16.1 Å². The minimum absolute atomic E-state index is 0.0328. The summed E-state index contributed by atoms with van der Waals surface area (Å²) >= 11 is 7.87. The number of amides is 1. The van der Waals surface area contributed by atoms with Crippen LogP contribution in [-0.4, -0.2) is 50.7 Å². The van der Waals surface area contributed by atoms with Crippen LogP contribution < -0.4 is 0 Å². The number of aromatic nitrogens is 3. The monoisotopic (exact) mass is 608 g/mol. The van der Waals surface area contributed by atoms with Gasteiger partial charge >= 0.3 is 12.3 Å². The summed E-state index contributed by atoms with van der Waals surface area (Å²) in [4.78, 5) is 18.7. The Labute approximate surface area is 244 Å². The second kappa shape index (κ2) is 10.7. The number of likely N-dealkylation sites (tertiary alicyclic amines) is 1. The van der Waals surface area contributed by atoms with Crippen LogP contribution in [0.2, 0.25) is 5.02 Å². The van der Waals surface area contributed by atoms with Gasteiger partial charge in [0.2, 0.25) is 0 Å². The number of ether oxygens (including phenoxy) is 1. The van der Waals surface area contributed by atoms with Crippen LogP contribution in [0.25, 0.3) is 32.9 Å². The molecule has 12 heteroatoms. The van der Waals surface area contributed by atoms with E-state index >= 15 is 4.39 Å². The molecule has 1 amide bonds. The maximum absolute atomic E-state index is 16.3. The largest absolute Gasteiger partial charge is 0.444 e. The smallest absolute Gasteiger partial charge is 0.417 e. The number of fused-ring (bicyclic) bond motifs is 3. The van der Waals surface area contributed by atoms with Crippen molar-refractivity contribution in [1.82, 2.24) is 19.7 Å². The molecule has 218 valence electrons. The van der Waals surface area contributed by atoms with Crippen molar-refractivity contribution < 1.29 is 27.1 Å². The van der Waals surface area contributed by atoms with Gasteiger partial charge in [-0.3, -0.25) is 4.68 Å². The molecule has 2 aromatic heterocycles. The van der Waals surface area contributed by atoms with Crippen LogP contribution >= 0.6 is 23.4 Å². The van der Waals surface area contributed by atoms with Gasteiger partial charge in [-0.05, 0) is 64.0 Å². The zero-order valence-corrected chi connectivity index (χ0v) is 24.8. The Morgan fingerprint density at radius 2 is 1.83 bits per heavy atom. The molecule has 41 heavy (non-hydrogen) atoms. The lowest BCUT2D eigenvalue weighted by atomic mass is 9.94. The molecule has 3 heterocycles. The molecule has 0 bridgehead atoms. The fourth-order valence-electron chi connectivity index (χ4n) is 5.40. The van der Waals surface area contributed by atoms with Crippen LogP contribution in [0.5, 0.6) is 0 Å². The quantitative estimate of drug-likeness (QED) is 0.172. The Bertz CT molecular complexity index is 1660. The highest BCUT2D eigenvalue weighted by Gasteiger charge is 2.37. The van der Waals surface area contributed by atoms with E-state index in [1.54, 1.807) is 22.0 Å². The molecule has 1 aliphatic rings. The number of carbonyl (C=O) groups excluding carboxylic acids is 1. The standard InChI is InChI=1S/C29H29ClF4N4O2S/c1-15-7-6-8-17(22(15)29(32,33)34)21-20(30)13-18-24(23(21)31)36-26(41-5)19-14-35-38(25(18)19)16-9-11-37(12-10-16)27(39)40-28(2,3)4/h6-8,13-14,16H,9-12H2,1-5H3. The fourth-order valence-corrected chi connectivity index (χ4v) is 6.24. The molecule has 2 aromatic carbocycles. The Morgan fingerprint density at radius 3 is 2.44 bits per heavy atom. The average Bonchev–Trinajstić information content (AvgIpc) is 3.32. The van der Waals surface area contributed by atoms with Gasteiger partial charge in [-0.25, -0.2) is 14.2 Å². The SMILES string of the molecule is CSc1nc2c(F)c(-c3cccc(C)c3C(F)(F)F)c(Cl)cc2c2c1cnn2C1CCN(C(=O)OC(C)(C)C)CC1. The number of rotatable bonds is 3. The van der Waals surface area contributed by atoms with Crippen molar-refractivity contribution in [2.24, 2.45) is 0 Å². The molecule has 0 saturated carbocycles. The lowest BCUT2D eigenvalue weighted by Crippen LogP contribution is -2.42. The van der Waals surface area contributed by atoms with E-state index in [2.05, 4.69) is 10.1 Å². The van der Waals surface area contributed by atoms with Crippen LogP contribution in [0, 0.1) is 12.7 Å². The molecule has 6 nitrogen and oxygen atoms in total. The molecule has 0 atom stereocenters. The molecule has 1 fully saturated rings. The third-order valence-electron chi connectivity index (χ3n) is 7.17. The summed E-state index contributed by atoms with van der Waals surface area (Å²) in [6, 6.07) is 5.37. The molecule has 1 saturated heterocycles. The van der Waals surface area contributed by atoms with E-state index in [0.29, 0.717) is 47.2 Å². The second-order valence-corrected chi connectivity index (χ2v) is 12.3. The maximum atomic E-state index is 16.3. The number of hydrogen-bond acceptors (Lipinski definition) is 5. The van der Waals surface area contributed by atoms with Crippen molar-refractivity contribution >= 4 is 51.3 Å². The number of nitrogens with zero attached hydrogens (tertiary/aromatic N) is 4. The first-order chi connectivity index (χ1) is 19.2. The molecule has 0 N–H and O–H groups in total. The predicted octanol–water partition coefficient (Wildman–Crippen LogP) is 8.67. The molecule has 0 unspecified atom stereocenters. The van der Waals surface area contributed by atoms with Crippen molar-refractivity contribution in [2.75, 3.05) is 19.3 Å². The summed E-state index contributed by atoms with van der Waals surface area (Å²) in [6.07, 6.45) is -0.463. The summed E-state index contributed by atoms with van der Waals surface area (Å²) < 4.78 is 65.7. The maximum Gasteiger partial charge on any atom is 0.417 e. The number of aryl methyl sites for hydroxylation is 1. The van der Waals surface area contributed by atoms with E-state index in [1.807, 2.05) is 20.8 Å². The Kier molecular flexibility index (Phi) is 7.65. The lowest BCUT2D eigenvalue weighted by molar-refractivity contribution is -0.137. The highest BCUT2D eigenvalue weighted by molar-refractivity contribution is 7.98. The number of alkyl halides is 3. The number of pyridine rings is 1. The molecule has 5 rings (SSSR count). The van der Waals surface area contributed by atoms with Gasteiger partial charge in [-0.15, -0.1) is 11.8 Å². The molecular formula is C29H29ClF4N4O2S. The van der Waals surface area contributed by atoms with Crippen molar-refractivity contribution in [3.63, 3.8) is 0 Å². The van der Waals surface area contributed by atoms with Gasteiger partial charge in [0.05, 0.1) is 33.7 Å². The van der Waals surface area contributed by atoms with Gasteiger partial charge < -0.3 is 9.64 Å². The van der Waals surface area contributed by atoms with Crippen molar-refractivity contribution in [1.29, 1.82) is 0 Å². The zero-order chi connectivity index (χ0) is 29.9. The molecule has 4 aromatic rings. The fraction of sp³-hybridized carbons (Fsp3) is 0.414. The Hall–Kier alpha value is -3.05. The average molecular weight is 609 g/mol. The molecule has 0 spiro atoms. The number of piperidine rings is 1. The van der Waals surface area contributed by atoms with Gasteiger partial charge in [0.25, 0.3) is 0 Å². The molecule has 1 aliphatic heterocycles. The van der Waals surface area contributed by atoms with Gasteiger partial charge in [-0.1, -0.05) is 29.8 Å². The van der Waals surface area contributed by atoms with Crippen LogP contribution in [-0.2, 0) is 10.9 Å². The summed E-state index contributed by atoms with van der Waals surface area (Å²) in [7, 11) is 0. The number of hydrogen-bond donors (Lipinski definition) is 0. The van der Waals surface area contributed by atoms with E-state index in [9.17, 15) is 18.0 Å². The third kappa shape index (κ3) is 5.46. The Balaban J connectivity index is 1.63. The first-order valence-electron chi connectivity index (χ1n) is 13.1. The van der Waals surface area contributed by atoms with Crippen LogP contribution in [0.4, 0.5) is 22.4 Å². The lowest BCUT2D eigenvalue weighted by Gasteiger charge is -2.33. The highest BCUT2D eigenvalue weighted by Crippen LogP contribution is 2.45. The number of benzene rings is 2.